The van der Waals surface area contributed by atoms with Crippen LogP contribution in [0.1, 0.15) is 25.7 Å². The van der Waals surface area contributed by atoms with Crippen molar-refractivity contribution in [2.75, 3.05) is 13.7 Å². The van der Waals surface area contributed by atoms with Gasteiger partial charge in [-0.15, -0.1) is 0 Å². The van der Waals surface area contributed by atoms with Gasteiger partial charge in [0.1, 0.15) is 0 Å². The lowest BCUT2D eigenvalue weighted by Crippen LogP contribution is -2.42. The number of carbonyl (C=O) groups excluding carboxylic acids is 1. The molecule has 100 valence electrons. The molecule has 0 aromatic rings. The van der Waals surface area contributed by atoms with Crippen LogP contribution in [-0.4, -0.2) is 39.4 Å². The fourth-order valence-electron chi connectivity index (χ4n) is 1.86. The van der Waals surface area contributed by atoms with Gasteiger partial charge in [-0.3, -0.25) is 0 Å². The molecule has 1 fully saturated rings. The van der Waals surface area contributed by atoms with Crippen molar-refractivity contribution in [1.82, 2.24) is 9.44 Å². The van der Waals surface area contributed by atoms with Crippen molar-refractivity contribution in [2.24, 2.45) is 5.92 Å². The van der Waals surface area contributed by atoms with Gasteiger partial charge >= 0.3 is 16.3 Å². The Morgan fingerprint density at radius 1 is 1.47 bits per heavy atom. The molecule has 1 aliphatic rings. The number of ether oxygens (including phenoxy) is 1. The van der Waals surface area contributed by atoms with Crippen molar-refractivity contribution in [3.63, 3.8) is 0 Å². The van der Waals surface area contributed by atoms with E-state index < -0.39 is 16.3 Å². The van der Waals surface area contributed by atoms with Gasteiger partial charge in [-0.1, -0.05) is 6.42 Å². The van der Waals surface area contributed by atoms with Crippen LogP contribution in [-0.2, 0) is 14.9 Å². The quantitative estimate of drug-likeness (QED) is 0.649. The summed E-state index contributed by atoms with van der Waals surface area (Å²) in [5.41, 5.74) is 0. The van der Waals surface area contributed by atoms with Crippen LogP contribution in [0.2, 0.25) is 0 Å². The van der Waals surface area contributed by atoms with Gasteiger partial charge in [0.2, 0.25) is 0 Å². The number of aliphatic hydroxyl groups is 1. The highest BCUT2D eigenvalue weighted by atomic mass is 32.2. The Hall–Kier alpha value is -0.860. The molecule has 0 radical (unpaired) electrons. The molecule has 1 saturated carbocycles. The Morgan fingerprint density at radius 2 is 2.18 bits per heavy atom. The first-order valence-electron chi connectivity index (χ1n) is 5.46. The van der Waals surface area contributed by atoms with Gasteiger partial charge in [-0.05, 0) is 25.2 Å². The minimum absolute atomic E-state index is 0.105. The van der Waals surface area contributed by atoms with E-state index in [-0.39, 0.29) is 18.6 Å². The van der Waals surface area contributed by atoms with E-state index >= 15 is 0 Å². The van der Waals surface area contributed by atoms with E-state index in [1.54, 1.807) is 4.72 Å². The van der Waals surface area contributed by atoms with Gasteiger partial charge < -0.3 is 9.84 Å². The highest BCUT2D eigenvalue weighted by molar-refractivity contribution is 7.88. The normalized spacial score (nSPS) is 25.3. The standard InChI is InChI=1S/C9H18N2O5S/c1-16-9(13)11-17(14,15)10-6-7-3-2-4-8(12)5-7/h7-8,10,12H,2-6H2,1H3,(H,11,13). The monoisotopic (exact) mass is 266 g/mol. The van der Waals surface area contributed by atoms with Crippen LogP contribution in [0.25, 0.3) is 0 Å². The summed E-state index contributed by atoms with van der Waals surface area (Å²) < 4.78 is 30.8. The average Bonchev–Trinajstić information content (AvgIpc) is 2.26. The zero-order chi connectivity index (χ0) is 12.9. The van der Waals surface area contributed by atoms with Crippen molar-refractivity contribution in [2.45, 2.75) is 31.8 Å². The molecule has 0 aromatic carbocycles. The Kier molecular flexibility index (Phi) is 5.16. The second-order valence-corrected chi connectivity index (χ2v) is 5.63. The lowest BCUT2D eigenvalue weighted by Gasteiger charge is -2.25. The van der Waals surface area contributed by atoms with Crippen molar-refractivity contribution in [1.29, 1.82) is 0 Å². The third-order valence-electron chi connectivity index (χ3n) is 2.72. The Bertz CT molecular complexity index is 356. The SMILES string of the molecule is COC(=O)NS(=O)(=O)NCC1CCCC(O)C1. The molecule has 0 bridgehead atoms. The average molecular weight is 266 g/mol. The summed E-state index contributed by atoms with van der Waals surface area (Å²) in [6.45, 7) is 0.212. The van der Waals surface area contributed by atoms with Crippen molar-refractivity contribution in [3.05, 3.63) is 0 Å². The molecule has 2 atom stereocenters. The molecular formula is C9H18N2O5S. The summed E-state index contributed by atoms with van der Waals surface area (Å²) in [6, 6.07) is 0. The number of aliphatic hydroxyl groups excluding tert-OH is 1. The van der Waals surface area contributed by atoms with Crippen LogP contribution in [0.3, 0.4) is 0 Å². The molecular weight excluding hydrogens is 248 g/mol. The molecule has 2 unspecified atom stereocenters. The Morgan fingerprint density at radius 3 is 2.76 bits per heavy atom. The molecule has 17 heavy (non-hydrogen) atoms. The fourth-order valence-corrected chi connectivity index (χ4v) is 2.69. The fraction of sp³-hybridized carbons (Fsp3) is 0.889. The predicted octanol–water partition coefficient (Wildman–Crippen LogP) is -0.272. The van der Waals surface area contributed by atoms with Crippen LogP contribution >= 0.6 is 0 Å². The van der Waals surface area contributed by atoms with Crippen LogP contribution in [0.15, 0.2) is 0 Å². The van der Waals surface area contributed by atoms with E-state index in [4.69, 9.17) is 0 Å². The molecule has 1 amide bonds. The summed E-state index contributed by atoms with van der Waals surface area (Å²) >= 11 is 0. The van der Waals surface area contributed by atoms with Gasteiger partial charge in [0.15, 0.2) is 0 Å². The smallest absolute Gasteiger partial charge is 0.421 e. The van der Waals surface area contributed by atoms with E-state index in [0.29, 0.717) is 6.42 Å². The summed E-state index contributed by atoms with van der Waals surface area (Å²) in [7, 11) is -2.78. The lowest BCUT2D eigenvalue weighted by atomic mass is 9.87. The second-order valence-electron chi connectivity index (χ2n) is 4.13. The number of rotatable bonds is 4. The summed E-state index contributed by atoms with van der Waals surface area (Å²) in [4.78, 5) is 10.7. The first-order valence-corrected chi connectivity index (χ1v) is 6.94. The van der Waals surface area contributed by atoms with Gasteiger partial charge in [-0.25, -0.2) is 9.52 Å². The molecule has 0 heterocycles. The van der Waals surface area contributed by atoms with E-state index in [1.165, 1.54) is 0 Å². The second kappa shape index (κ2) is 6.18. The first-order chi connectivity index (χ1) is 7.93. The highest BCUT2D eigenvalue weighted by Crippen LogP contribution is 2.23. The molecule has 0 aromatic heterocycles. The largest absolute Gasteiger partial charge is 0.452 e. The molecule has 3 N–H and O–H groups in total. The number of carbonyl (C=O) groups is 1. The third-order valence-corrected chi connectivity index (χ3v) is 3.70. The maximum absolute atomic E-state index is 11.3. The van der Waals surface area contributed by atoms with E-state index in [2.05, 4.69) is 9.46 Å². The zero-order valence-corrected chi connectivity index (χ0v) is 10.5. The highest BCUT2D eigenvalue weighted by Gasteiger charge is 2.22. The van der Waals surface area contributed by atoms with Gasteiger partial charge in [-0.2, -0.15) is 13.1 Å². The van der Waals surface area contributed by atoms with Crippen molar-refractivity contribution >= 4 is 16.3 Å². The summed E-state index contributed by atoms with van der Waals surface area (Å²) in [5, 5.41) is 9.43. The molecule has 0 saturated heterocycles. The maximum Gasteiger partial charge on any atom is 0.421 e. The number of hydrogen-bond donors (Lipinski definition) is 3. The Balaban J connectivity index is 2.36. The van der Waals surface area contributed by atoms with E-state index in [9.17, 15) is 18.3 Å². The molecule has 8 heteroatoms. The maximum atomic E-state index is 11.3. The number of amides is 1. The topological polar surface area (TPSA) is 105 Å². The number of methoxy groups -OCH3 is 1. The summed E-state index contributed by atoms with van der Waals surface area (Å²) in [5.74, 6) is 0.105. The number of hydrogen-bond acceptors (Lipinski definition) is 5. The molecule has 0 aliphatic heterocycles. The van der Waals surface area contributed by atoms with Crippen molar-refractivity contribution < 1.29 is 23.1 Å². The zero-order valence-electron chi connectivity index (χ0n) is 9.68. The third kappa shape index (κ3) is 5.33. The minimum atomic E-state index is -3.87. The minimum Gasteiger partial charge on any atom is -0.452 e. The van der Waals surface area contributed by atoms with Crippen LogP contribution in [0.4, 0.5) is 4.79 Å². The van der Waals surface area contributed by atoms with Crippen molar-refractivity contribution in [3.8, 4) is 0 Å². The summed E-state index contributed by atoms with van der Waals surface area (Å²) in [6.07, 6.45) is 1.73. The van der Waals surface area contributed by atoms with Gasteiger partial charge in [0.05, 0.1) is 13.2 Å². The predicted molar refractivity (Wildman–Crippen MR) is 60.4 cm³/mol. The molecule has 1 aliphatic carbocycles. The van der Waals surface area contributed by atoms with E-state index in [0.717, 1.165) is 26.4 Å². The lowest BCUT2D eigenvalue weighted by molar-refractivity contribution is 0.102. The Labute approximate surface area is 101 Å². The molecule has 1 rings (SSSR count). The van der Waals surface area contributed by atoms with E-state index in [1.807, 2.05) is 0 Å². The molecule has 7 nitrogen and oxygen atoms in total. The number of nitrogens with one attached hydrogen (secondary N) is 2. The molecule has 0 spiro atoms. The first kappa shape index (κ1) is 14.2. The van der Waals surface area contributed by atoms with Crippen LogP contribution in [0, 0.1) is 5.92 Å². The van der Waals surface area contributed by atoms with Gasteiger partial charge in [0, 0.05) is 6.54 Å². The van der Waals surface area contributed by atoms with Crippen LogP contribution < -0.4 is 9.44 Å². The van der Waals surface area contributed by atoms with Crippen LogP contribution in [0.5, 0.6) is 0 Å². The van der Waals surface area contributed by atoms with Gasteiger partial charge in [0.25, 0.3) is 0 Å².